The number of likely N-dealkylation sites (tertiary alicyclic amines) is 1. The summed E-state index contributed by atoms with van der Waals surface area (Å²) in [5, 5.41) is 12.3. The predicted octanol–water partition coefficient (Wildman–Crippen LogP) is 1.40. The minimum absolute atomic E-state index is 0.0290. The van der Waals surface area contributed by atoms with Crippen molar-refractivity contribution in [3.05, 3.63) is 0 Å². The van der Waals surface area contributed by atoms with Gasteiger partial charge in [-0.25, -0.2) is 0 Å². The Morgan fingerprint density at radius 2 is 2.05 bits per heavy atom. The van der Waals surface area contributed by atoms with Crippen LogP contribution in [-0.2, 0) is 14.4 Å². The van der Waals surface area contributed by atoms with Crippen molar-refractivity contribution in [2.75, 3.05) is 19.6 Å². The Morgan fingerprint density at radius 1 is 1.27 bits per heavy atom. The summed E-state index contributed by atoms with van der Waals surface area (Å²) in [6.07, 6.45) is 5.62. The second-order valence-corrected chi connectivity index (χ2v) is 6.62. The lowest BCUT2D eigenvalue weighted by Crippen LogP contribution is -2.37. The van der Waals surface area contributed by atoms with Crippen LogP contribution in [-0.4, -0.2) is 47.4 Å². The quantitative estimate of drug-likeness (QED) is 0.696. The number of hydrogen-bond donors (Lipinski definition) is 2. The number of fused-ring (bicyclic) bond motifs is 1. The van der Waals surface area contributed by atoms with Crippen LogP contribution >= 0.6 is 0 Å². The highest BCUT2D eigenvalue weighted by atomic mass is 16.4. The zero-order valence-corrected chi connectivity index (χ0v) is 13.3. The number of aliphatic carboxylic acids is 1. The molecule has 6 nitrogen and oxygen atoms in total. The molecule has 22 heavy (non-hydrogen) atoms. The molecule has 0 radical (unpaired) electrons. The van der Waals surface area contributed by atoms with Gasteiger partial charge in [0, 0.05) is 33.0 Å². The van der Waals surface area contributed by atoms with E-state index in [9.17, 15) is 19.5 Å². The standard InChI is InChI=1S/C16H26N2O4/c1-12(19)17-9-4-2-3-7-14(20)18-10-13-6-5-8-16(13,11-18)15(21)22/h13H,2-11H2,1H3,(H,17,19)(H,21,22)/t13-,16+/m0/s1. The molecule has 2 rings (SSSR count). The van der Waals surface area contributed by atoms with E-state index in [0.29, 0.717) is 32.5 Å². The van der Waals surface area contributed by atoms with Crippen LogP contribution in [0.2, 0.25) is 0 Å². The minimum Gasteiger partial charge on any atom is -0.481 e. The van der Waals surface area contributed by atoms with E-state index in [-0.39, 0.29) is 17.7 Å². The fourth-order valence-electron chi connectivity index (χ4n) is 3.83. The van der Waals surface area contributed by atoms with Crippen LogP contribution in [0.5, 0.6) is 0 Å². The lowest BCUT2D eigenvalue weighted by molar-refractivity contribution is -0.149. The molecule has 0 bridgehead atoms. The van der Waals surface area contributed by atoms with Gasteiger partial charge >= 0.3 is 5.97 Å². The van der Waals surface area contributed by atoms with Gasteiger partial charge in [0.2, 0.25) is 11.8 Å². The zero-order valence-electron chi connectivity index (χ0n) is 13.3. The van der Waals surface area contributed by atoms with Crippen LogP contribution in [0.15, 0.2) is 0 Å². The highest BCUT2D eigenvalue weighted by Crippen LogP contribution is 2.48. The topological polar surface area (TPSA) is 86.7 Å². The number of hydrogen-bond acceptors (Lipinski definition) is 3. The van der Waals surface area contributed by atoms with Crippen LogP contribution in [0.1, 0.15) is 51.9 Å². The average molecular weight is 310 g/mol. The average Bonchev–Trinajstić information content (AvgIpc) is 2.99. The largest absolute Gasteiger partial charge is 0.481 e. The van der Waals surface area contributed by atoms with E-state index in [4.69, 9.17) is 0 Å². The van der Waals surface area contributed by atoms with E-state index in [1.807, 2.05) is 0 Å². The number of nitrogens with zero attached hydrogens (tertiary/aromatic N) is 1. The molecule has 1 saturated heterocycles. The monoisotopic (exact) mass is 310 g/mol. The predicted molar refractivity (Wildman–Crippen MR) is 81.1 cm³/mol. The first-order valence-electron chi connectivity index (χ1n) is 8.21. The lowest BCUT2D eigenvalue weighted by Gasteiger charge is -2.23. The molecule has 2 fully saturated rings. The fourth-order valence-corrected chi connectivity index (χ4v) is 3.83. The Hall–Kier alpha value is -1.59. The molecule has 0 aromatic rings. The van der Waals surface area contributed by atoms with Gasteiger partial charge < -0.3 is 15.3 Å². The van der Waals surface area contributed by atoms with Crippen molar-refractivity contribution in [1.29, 1.82) is 0 Å². The van der Waals surface area contributed by atoms with Gasteiger partial charge in [0.05, 0.1) is 5.41 Å². The van der Waals surface area contributed by atoms with E-state index in [1.165, 1.54) is 6.92 Å². The molecule has 0 aromatic carbocycles. The molecule has 2 amide bonds. The van der Waals surface area contributed by atoms with Gasteiger partial charge in [-0.1, -0.05) is 12.8 Å². The Balaban J connectivity index is 1.71. The molecule has 1 aliphatic heterocycles. The molecule has 2 aliphatic rings. The van der Waals surface area contributed by atoms with Crippen molar-refractivity contribution in [2.45, 2.75) is 51.9 Å². The SMILES string of the molecule is CC(=O)NCCCCCC(=O)N1C[C@@H]2CCC[C@@]2(C(=O)O)C1. The summed E-state index contributed by atoms with van der Waals surface area (Å²) in [7, 11) is 0. The Morgan fingerprint density at radius 3 is 2.68 bits per heavy atom. The summed E-state index contributed by atoms with van der Waals surface area (Å²) in [5.74, 6) is -0.553. The third-order valence-corrected chi connectivity index (χ3v) is 5.09. The van der Waals surface area contributed by atoms with Crippen LogP contribution in [0.4, 0.5) is 0 Å². The van der Waals surface area contributed by atoms with E-state index >= 15 is 0 Å². The third-order valence-electron chi connectivity index (χ3n) is 5.09. The number of carboxylic acids is 1. The van der Waals surface area contributed by atoms with Crippen molar-refractivity contribution < 1.29 is 19.5 Å². The number of carboxylic acid groups (broad SMARTS) is 1. The van der Waals surface area contributed by atoms with E-state index in [0.717, 1.165) is 32.1 Å². The first kappa shape index (κ1) is 16.8. The normalized spacial score (nSPS) is 26.8. The maximum absolute atomic E-state index is 12.2. The summed E-state index contributed by atoms with van der Waals surface area (Å²) < 4.78 is 0. The van der Waals surface area contributed by atoms with Crippen molar-refractivity contribution in [2.24, 2.45) is 11.3 Å². The van der Waals surface area contributed by atoms with E-state index in [1.54, 1.807) is 4.90 Å². The molecule has 0 unspecified atom stereocenters. The molecule has 1 saturated carbocycles. The first-order valence-corrected chi connectivity index (χ1v) is 8.21. The molecule has 2 N–H and O–H groups in total. The Kier molecular flexibility index (Phi) is 5.42. The smallest absolute Gasteiger partial charge is 0.311 e. The number of carbonyl (C=O) groups is 3. The van der Waals surface area contributed by atoms with Crippen LogP contribution in [0.3, 0.4) is 0 Å². The van der Waals surface area contributed by atoms with Crippen molar-refractivity contribution in [3.8, 4) is 0 Å². The molecule has 0 aromatic heterocycles. The van der Waals surface area contributed by atoms with Crippen LogP contribution < -0.4 is 5.32 Å². The molecule has 124 valence electrons. The highest BCUT2D eigenvalue weighted by molar-refractivity contribution is 5.81. The molecule has 6 heteroatoms. The Bertz CT molecular complexity index is 451. The molecule has 1 heterocycles. The number of rotatable bonds is 7. The summed E-state index contributed by atoms with van der Waals surface area (Å²) >= 11 is 0. The van der Waals surface area contributed by atoms with Gasteiger partial charge in [-0.05, 0) is 31.6 Å². The second-order valence-electron chi connectivity index (χ2n) is 6.62. The molecule has 0 spiro atoms. The van der Waals surface area contributed by atoms with Crippen LogP contribution in [0.25, 0.3) is 0 Å². The number of carbonyl (C=O) groups excluding carboxylic acids is 2. The van der Waals surface area contributed by atoms with Gasteiger partial charge in [-0.3, -0.25) is 14.4 Å². The van der Waals surface area contributed by atoms with E-state index < -0.39 is 11.4 Å². The van der Waals surface area contributed by atoms with E-state index in [2.05, 4.69) is 5.32 Å². The van der Waals surface area contributed by atoms with Gasteiger partial charge in [-0.2, -0.15) is 0 Å². The molecular formula is C16H26N2O4. The van der Waals surface area contributed by atoms with Crippen molar-refractivity contribution in [3.63, 3.8) is 0 Å². The summed E-state index contributed by atoms with van der Waals surface area (Å²) in [5.41, 5.74) is -0.679. The molecular weight excluding hydrogens is 284 g/mol. The molecule has 2 atom stereocenters. The van der Waals surface area contributed by atoms with Gasteiger partial charge in [-0.15, -0.1) is 0 Å². The summed E-state index contributed by atoms with van der Waals surface area (Å²) in [4.78, 5) is 36.3. The second kappa shape index (κ2) is 7.11. The highest BCUT2D eigenvalue weighted by Gasteiger charge is 2.55. The molecule has 1 aliphatic carbocycles. The lowest BCUT2D eigenvalue weighted by atomic mass is 9.81. The van der Waals surface area contributed by atoms with Gasteiger partial charge in [0.1, 0.15) is 0 Å². The van der Waals surface area contributed by atoms with Gasteiger partial charge in [0.25, 0.3) is 0 Å². The zero-order chi connectivity index (χ0) is 16.2. The van der Waals surface area contributed by atoms with Crippen molar-refractivity contribution >= 4 is 17.8 Å². The van der Waals surface area contributed by atoms with Gasteiger partial charge in [0.15, 0.2) is 0 Å². The number of amides is 2. The van der Waals surface area contributed by atoms with Crippen LogP contribution in [0, 0.1) is 11.3 Å². The number of nitrogens with one attached hydrogen (secondary N) is 1. The minimum atomic E-state index is -0.736. The van der Waals surface area contributed by atoms with Crippen molar-refractivity contribution in [1.82, 2.24) is 10.2 Å². The fraction of sp³-hybridized carbons (Fsp3) is 0.812. The maximum atomic E-state index is 12.2. The summed E-state index contributed by atoms with van der Waals surface area (Å²) in [6, 6.07) is 0. The maximum Gasteiger partial charge on any atom is 0.311 e. The summed E-state index contributed by atoms with van der Waals surface area (Å²) in [6.45, 7) is 3.14. The first-order chi connectivity index (χ1) is 10.5. The number of unbranched alkanes of at least 4 members (excludes halogenated alkanes) is 2. The third kappa shape index (κ3) is 3.59. The Labute approximate surface area is 131 Å².